The summed E-state index contributed by atoms with van der Waals surface area (Å²) in [7, 11) is 1.25. The monoisotopic (exact) mass is 224 g/mol. The molecule has 16 heavy (non-hydrogen) atoms. The van der Waals surface area contributed by atoms with E-state index in [0.717, 1.165) is 5.56 Å². The third kappa shape index (κ3) is 4.45. The van der Waals surface area contributed by atoms with E-state index in [9.17, 15) is 9.90 Å². The van der Waals surface area contributed by atoms with E-state index < -0.39 is 12.1 Å². The van der Waals surface area contributed by atoms with Crippen LogP contribution in [0.5, 0.6) is 0 Å². The van der Waals surface area contributed by atoms with E-state index in [2.05, 4.69) is 18.6 Å². The molecule has 0 radical (unpaired) electrons. The van der Waals surface area contributed by atoms with Crippen LogP contribution in [0.2, 0.25) is 0 Å². The van der Waals surface area contributed by atoms with Crippen LogP contribution in [-0.2, 0) is 9.53 Å². The van der Waals surface area contributed by atoms with Crippen molar-refractivity contribution in [1.29, 1.82) is 0 Å². The molecule has 3 nitrogen and oxygen atoms in total. The Hall–Kier alpha value is -1.35. The molecule has 1 N–H and O–H groups in total. The summed E-state index contributed by atoms with van der Waals surface area (Å²) in [6, 6.07) is 7.16. The third-order valence-corrected chi connectivity index (χ3v) is 1.91. The molecule has 0 saturated heterocycles. The third-order valence-electron chi connectivity index (χ3n) is 1.91. The van der Waals surface area contributed by atoms with Crippen molar-refractivity contribution in [3.8, 4) is 0 Å². The van der Waals surface area contributed by atoms with Gasteiger partial charge in [0.2, 0.25) is 0 Å². The van der Waals surface area contributed by atoms with Crippen LogP contribution in [0.1, 0.15) is 37.5 Å². The van der Waals surface area contributed by atoms with E-state index in [-0.39, 0.29) is 0 Å². The van der Waals surface area contributed by atoms with Gasteiger partial charge in [-0.25, -0.2) is 4.79 Å². The SMILES string of the molecule is CCC.COC(=O)C(O)c1ccccc1C. The van der Waals surface area contributed by atoms with E-state index in [0.29, 0.717) is 5.56 Å². The van der Waals surface area contributed by atoms with Gasteiger partial charge < -0.3 is 9.84 Å². The summed E-state index contributed by atoms with van der Waals surface area (Å²) in [5.41, 5.74) is 1.47. The smallest absolute Gasteiger partial charge is 0.339 e. The largest absolute Gasteiger partial charge is 0.467 e. The minimum absolute atomic E-state index is 0.592. The molecule has 0 amide bonds. The molecule has 1 rings (SSSR count). The number of aryl methyl sites for hydroxylation is 1. The molecule has 0 fully saturated rings. The van der Waals surface area contributed by atoms with Crippen LogP contribution in [0.25, 0.3) is 0 Å². The number of benzene rings is 1. The van der Waals surface area contributed by atoms with E-state index in [1.165, 1.54) is 13.5 Å². The Labute approximate surface area is 97.1 Å². The molecule has 0 aliphatic heterocycles. The number of carbonyl (C=O) groups is 1. The lowest BCUT2D eigenvalue weighted by Crippen LogP contribution is -2.14. The molecule has 0 bridgehead atoms. The molecule has 90 valence electrons. The predicted octanol–water partition coefficient (Wildman–Crippen LogP) is 2.62. The molecule has 0 aliphatic rings. The molecule has 1 atom stereocenters. The number of aliphatic hydroxyl groups excluding tert-OH is 1. The summed E-state index contributed by atoms with van der Waals surface area (Å²) >= 11 is 0. The van der Waals surface area contributed by atoms with Crippen LogP contribution in [-0.4, -0.2) is 18.2 Å². The summed E-state index contributed by atoms with van der Waals surface area (Å²) in [5, 5.41) is 9.50. The first-order valence-electron chi connectivity index (χ1n) is 5.39. The van der Waals surface area contributed by atoms with Crippen LogP contribution in [0.4, 0.5) is 0 Å². The zero-order valence-corrected chi connectivity index (χ0v) is 10.4. The Morgan fingerprint density at radius 2 is 1.88 bits per heavy atom. The molecule has 0 saturated carbocycles. The highest BCUT2D eigenvalue weighted by molar-refractivity contribution is 5.76. The van der Waals surface area contributed by atoms with Crippen LogP contribution in [0.3, 0.4) is 0 Å². The second kappa shape index (κ2) is 7.88. The number of hydrogen-bond donors (Lipinski definition) is 1. The van der Waals surface area contributed by atoms with E-state index in [1.807, 2.05) is 19.1 Å². The maximum atomic E-state index is 11.0. The van der Waals surface area contributed by atoms with Gasteiger partial charge in [-0.05, 0) is 18.1 Å². The normalized spacial score (nSPS) is 11.1. The summed E-state index contributed by atoms with van der Waals surface area (Å²) < 4.78 is 4.43. The fourth-order valence-electron chi connectivity index (χ4n) is 1.13. The standard InChI is InChI=1S/C10H12O3.C3H8/c1-7-5-3-4-6-8(7)9(11)10(12)13-2;1-3-2/h3-6,9,11H,1-2H3;3H2,1-2H3. The number of esters is 1. The lowest BCUT2D eigenvalue weighted by atomic mass is 10.0. The molecule has 0 heterocycles. The number of ether oxygens (including phenoxy) is 1. The zero-order valence-electron chi connectivity index (χ0n) is 10.4. The molecule has 3 heteroatoms. The zero-order chi connectivity index (χ0) is 12.6. The second-order valence-corrected chi connectivity index (χ2v) is 3.49. The van der Waals surface area contributed by atoms with Gasteiger partial charge in [-0.1, -0.05) is 44.5 Å². The van der Waals surface area contributed by atoms with Crippen molar-refractivity contribution in [1.82, 2.24) is 0 Å². The molecule has 0 aromatic heterocycles. The molecule has 1 unspecified atom stereocenters. The first-order valence-corrected chi connectivity index (χ1v) is 5.39. The highest BCUT2D eigenvalue weighted by Gasteiger charge is 2.18. The van der Waals surface area contributed by atoms with Gasteiger partial charge in [0.25, 0.3) is 0 Å². The lowest BCUT2D eigenvalue weighted by molar-refractivity contribution is -0.150. The van der Waals surface area contributed by atoms with E-state index >= 15 is 0 Å². The van der Waals surface area contributed by atoms with Crippen molar-refractivity contribution in [2.75, 3.05) is 7.11 Å². The van der Waals surface area contributed by atoms with Gasteiger partial charge in [0, 0.05) is 0 Å². The number of methoxy groups -OCH3 is 1. The molecule has 1 aromatic rings. The van der Waals surface area contributed by atoms with Gasteiger partial charge in [0.05, 0.1) is 7.11 Å². The molecule has 1 aromatic carbocycles. The molecule has 0 aliphatic carbocycles. The fraction of sp³-hybridized carbons (Fsp3) is 0.462. The van der Waals surface area contributed by atoms with Gasteiger partial charge in [0.15, 0.2) is 6.10 Å². The Balaban J connectivity index is 0.000000673. The first kappa shape index (κ1) is 14.6. The van der Waals surface area contributed by atoms with Crippen LogP contribution in [0, 0.1) is 6.92 Å². The number of carbonyl (C=O) groups excluding carboxylic acids is 1. The maximum absolute atomic E-state index is 11.0. The lowest BCUT2D eigenvalue weighted by Gasteiger charge is -2.10. The maximum Gasteiger partial charge on any atom is 0.339 e. The second-order valence-electron chi connectivity index (χ2n) is 3.49. The average Bonchev–Trinajstić information content (AvgIpc) is 2.29. The highest BCUT2D eigenvalue weighted by Crippen LogP contribution is 2.17. The van der Waals surface area contributed by atoms with Crippen molar-refractivity contribution in [3.05, 3.63) is 35.4 Å². The molecular weight excluding hydrogens is 204 g/mol. The van der Waals surface area contributed by atoms with Crippen molar-refractivity contribution >= 4 is 5.97 Å². The van der Waals surface area contributed by atoms with E-state index in [1.54, 1.807) is 12.1 Å². The van der Waals surface area contributed by atoms with Gasteiger partial charge in [-0.15, -0.1) is 0 Å². The topological polar surface area (TPSA) is 46.5 Å². The van der Waals surface area contributed by atoms with Crippen molar-refractivity contribution in [3.63, 3.8) is 0 Å². The summed E-state index contributed by atoms with van der Waals surface area (Å²) in [4.78, 5) is 11.0. The average molecular weight is 224 g/mol. The Morgan fingerprint density at radius 3 is 2.31 bits per heavy atom. The minimum atomic E-state index is -1.17. The minimum Gasteiger partial charge on any atom is -0.467 e. The van der Waals surface area contributed by atoms with Gasteiger partial charge >= 0.3 is 5.97 Å². The Bertz CT molecular complexity index is 321. The highest BCUT2D eigenvalue weighted by atomic mass is 16.5. The number of hydrogen-bond acceptors (Lipinski definition) is 3. The van der Waals surface area contributed by atoms with Crippen LogP contribution >= 0.6 is 0 Å². The Kier molecular flexibility index (Phi) is 7.21. The van der Waals surface area contributed by atoms with E-state index in [4.69, 9.17) is 0 Å². The fourth-order valence-corrected chi connectivity index (χ4v) is 1.13. The quantitative estimate of drug-likeness (QED) is 0.785. The summed E-state index contributed by atoms with van der Waals surface area (Å²) in [6.07, 6.45) is 0.0752. The first-order chi connectivity index (χ1) is 7.58. The van der Waals surface area contributed by atoms with Gasteiger partial charge in [-0.3, -0.25) is 0 Å². The Morgan fingerprint density at radius 1 is 1.38 bits per heavy atom. The van der Waals surface area contributed by atoms with Gasteiger partial charge in [-0.2, -0.15) is 0 Å². The number of aliphatic hydroxyl groups is 1. The summed E-state index contributed by atoms with van der Waals surface area (Å²) in [5.74, 6) is -0.630. The van der Waals surface area contributed by atoms with Crippen molar-refractivity contribution < 1.29 is 14.6 Å². The van der Waals surface area contributed by atoms with Crippen molar-refractivity contribution in [2.24, 2.45) is 0 Å². The molecular formula is C13H20O3. The predicted molar refractivity (Wildman–Crippen MR) is 64.1 cm³/mol. The van der Waals surface area contributed by atoms with Gasteiger partial charge in [0.1, 0.15) is 0 Å². The van der Waals surface area contributed by atoms with Crippen LogP contribution < -0.4 is 0 Å². The number of rotatable bonds is 2. The van der Waals surface area contributed by atoms with Crippen molar-refractivity contribution in [2.45, 2.75) is 33.3 Å². The molecule has 0 spiro atoms. The van der Waals surface area contributed by atoms with Crippen LogP contribution in [0.15, 0.2) is 24.3 Å². The summed E-state index contributed by atoms with van der Waals surface area (Å²) in [6.45, 7) is 6.08.